The SMILES string of the molecule is Cl.Cl.O=C(c1cc(Cl)cc(Cl)c1)N1CCN(CC#CCN2CCOCC2)CC1Cc1ccc2ccccc2c1. The lowest BCUT2D eigenvalue weighted by atomic mass is 9.98. The van der Waals surface area contributed by atoms with Gasteiger partial charge in [-0.3, -0.25) is 14.6 Å². The molecule has 2 aliphatic heterocycles. The third-order valence-corrected chi connectivity index (χ3v) is 7.49. The first-order valence-corrected chi connectivity index (χ1v) is 13.5. The fourth-order valence-electron chi connectivity index (χ4n) is 5.08. The number of nitrogens with zero attached hydrogens (tertiary/aromatic N) is 3. The molecule has 9 heteroatoms. The van der Waals surface area contributed by atoms with Gasteiger partial charge in [0.2, 0.25) is 0 Å². The second kappa shape index (κ2) is 15.1. The zero-order valence-electron chi connectivity index (χ0n) is 21.7. The van der Waals surface area contributed by atoms with Crippen LogP contribution in [-0.2, 0) is 11.2 Å². The molecule has 0 radical (unpaired) electrons. The van der Waals surface area contributed by atoms with Crippen molar-refractivity contribution in [2.45, 2.75) is 12.5 Å². The van der Waals surface area contributed by atoms with Crippen molar-refractivity contribution in [1.29, 1.82) is 0 Å². The Hall–Kier alpha value is -2.01. The standard InChI is InChI=1S/C30H31Cl2N3O2.2ClH/c31-27-19-26(20-28(32)21-27)30(36)35-12-11-34(10-4-3-9-33-13-15-37-16-14-33)22-29(35)18-23-7-8-24-5-1-2-6-25(24)17-23;;/h1-2,5-8,17,19-21,29H,9-16,18,22H2;2*1H. The second-order valence-corrected chi connectivity index (χ2v) is 10.5. The molecule has 0 aromatic heterocycles. The quantitative estimate of drug-likeness (QED) is 0.349. The number of carbonyl (C=O) groups is 1. The Morgan fingerprint density at radius 3 is 2.21 bits per heavy atom. The average molecular weight is 609 g/mol. The number of hydrogen-bond acceptors (Lipinski definition) is 4. The first kappa shape index (κ1) is 31.5. The first-order chi connectivity index (χ1) is 18.0. The number of hydrogen-bond donors (Lipinski definition) is 0. The fraction of sp³-hybridized carbons (Fsp3) is 0.367. The van der Waals surface area contributed by atoms with Crippen molar-refractivity contribution in [2.75, 3.05) is 59.0 Å². The number of halogens is 4. The molecule has 0 saturated carbocycles. The van der Waals surface area contributed by atoms with E-state index in [1.54, 1.807) is 18.2 Å². The van der Waals surface area contributed by atoms with Crippen molar-refractivity contribution in [3.05, 3.63) is 81.8 Å². The monoisotopic (exact) mass is 607 g/mol. The van der Waals surface area contributed by atoms with E-state index in [1.165, 1.54) is 16.3 Å². The summed E-state index contributed by atoms with van der Waals surface area (Å²) in [6.45, 7) is 7.10. The Labute approximate surface area is 253 Å². The van der Waals surface area contributed by atoms with E-state index in [0.29, 0.717) is 28.7 Å². The van der Waals surface area contributed by atoms with E-state index in [0.717, 1.165) is 52.4 Å². The highest BCUT2D eigenvalue weighted by atomic mass is 35.5. The number of piperazine rings is 1. The van der Waals surface area contributed by atoms with Gasteiger partial charge in [0.1, 0.15) is 0 Å². The van der Waals surface area contributed by atoms with Crippen LogP contribution in [0.15, 0.2) is 60.7 Å². The van der Waals surface area contributed by atoms with Gasteiger partial charge in [0.15, 0.2) is 0 Å². The molecule has 0 spiro atoms. The van der Waals surface area contributed by atoms with Gasteiger partial charge in [-0.25, -0.2) is 0 Å². The molecule has 0 aliphatic carbocycles. The number of amides is 1. The second-order valence-electron chi connectivity index (χ2n) is 9.67. The lowest BCUT2D eigenvalue weighted by Gasteiger charge is -2.41. The summed E-state index contributed by atoms with van der Waals surface area (Å²) in [6, 6.07) is 20.0. The summed E-state index contributed by atoms with van der Waals surface area (Å²) in [4.78, 5) is 20.3. The van der Waals surface area contributed by atoms with Crippen molar-refractivity contribution >= 4 is 64.7 Å². The number of ether oxygens (including phenoxy) is 1. The summed E-state index contributed by atoms with van der Waals surface area (Å²) in [6.07, 6.45) is 0.766. The van der Waals surface area contributed by atoms with Gasteiger partial charge < -0.3 is 9.64 Å². The Morgan fingerprint density at radius 2 is 1.49 bits per heavy atom. The molecule has 2 aliphatic rings. The number of carbonyl (C=O) groups excluding carboxylic acids is 1. The van der Waals surface area contributed by atoms with Gasteiger partial charge in [0.05, 0.1) is 26.3 Å². The Bertz CT molecular complexity index is 1300. The van der Waals surface area contributed by atoms with Crippen molar-refractivity contribution in [1.82, 2.24) is 14.7 Å². The van der Waals surface area contributed by atoms with Gasteiger partial charge in [-0.1, -0.05) is 77.5 Å². The molecule has 3 aromatic rings. The zero-order valence-corrected chi connectivity index (χ0v) is 24.8. The maximum absolute atomic E-state index is 13.6. The van der Waals surface area contributed by atoms with E-state index in [9.17, 15) is 4.79 Å². The van der Waals surface area contributed by atoms with Crippen LogP contribution in [0.25, 0.3) is 10.8 Å². The molecule has 2 saturated heterocycles. The molecule has 3 aromatic carbocycles. The maximum Gasteiger partial charge on any atom is 0.254 e. The van der Waals surface area contributed by atoms with E-state index in [4.69, 9.17) is 27.9 Å². The predicted octanol–water partition coefficient (Wildman–Crippen LogP) is 5.69. The molecular formula is C30H33Cl4N3O2. The molecule has 0 N–H and O–H groups in total. The van der Waals surface area contributed by atoms with Gasteiger partial charge in [-0.05, 0) is 41.0 Å². The van der Waals surface area contributed by atoms with Crippen LogP contribution in [0, 0.1) is 11.8 Å². The molecule has 5 rings (SSSR count). The summed E-state index contributed by atoms with van der Waals surface area (Å²) >= 11 is 12.4. The number of benzene rings is 3. The molecule has 0 bridgehead atoms. The van der Waals surface area contributed by atoms with Crippen molar-refractivity contribution in [3.63, 3.8) is 0 Å². The minimum atomic E-state index is -0.0340. The van der Waals surface area contributed by atoms with E-state index in [-0.39, 0.29) is 36.8 Å². The summed E-state index contributed by atoms with van der Waals surface area (Å²) in [5.74, 6) is 6.65. The minimum absolute atomic E-state index is 0. The lowest BCUT2D eigenvalue weighted by Crippen LogP contribution is -2.56. The van der Waals surface area contributed by atoms with Gasteiger partial charge in [0.25, 0.3) is 5.91 Å². The highest BCUT2D eigenvalue weighted by molar-refractivity contribution is 6.35. The summed E-state index contributed by atoms with van der Waals surface area (Å²) in [5.41, 5.74) is 1.74. The Kier molecular flexibility index (Phi) is 12.2. The van der Waals surface area contributed by atoms with E-state index >= 15 is 0 Å². The highest BCUT2D eigenvalue weighted by Gasteiger charge is 2.31. The molecular weight excluding hydrogens is 576 g/mol. The van der Waals surface area contributed by atoms with Gasteiger partial charge in [-0.2, -0.15) is 0 Å². The molecule has 2 heterocycles. The zero-order chi connectivity index (χ0) is 25.6. The summed E-state index contributed by atoms with van der Waals surface area (Å²) in [7, 11) is 0. The molecule has 208 valence electrons. The van der Waals surface area contributed by atoms with Gasteiger partial charge >= 0.3 is 0 Å². The Morgan fingerprint density at radius 1 is 0.821 bits per heavy atom. The highest BCUT2D eigenvalue weighted by Crippen LogP contribution is 2.24. The van der Waals surface area contributed by atoms with E-state index in [2.05, 4.69) is 64.1 Å². The molecule has 1 amide bonds. The van der Waals surface area contributed by atoms with E-state index < -0.39 is 0 Å². The molecule has 1 atom stereocenters. The van der Waals surface area contributed by atoms with Crippen molar-refractivity contribution in [2.24, 2.45) is 0 Å². The van der Waals surface area contributed by atoms with Crippen LogP contribution in [0.3, 0.4) is 0 Å². The lowest BCUT2D eigenvalue weighted by molar-refractivity contribution is 0.0441. The van der Waals surface area contributed by atoms with Crippen LogP contribution in [-0.4, -0.2) is 85.7 Å². The summed E-state index contributed by atoms with van der Waals surface area (Å²) < 4.78 is 5.41. The fourth-order valence-corrected chi connectivity index (χ4v) is 5.61. The molecule has 5 nitrogen and oxygen atoms in total. The van der Waals surface area contributed by atoms with Crippen molar-refractivity contribution in [3.8, 4) is 11.8 Å². The first-order valence-electron chi connectivity index (χ1n) is 12.8. The number of morpholine rings is 1. The average Bonchev–Trinajstić information content (AvgIpc) is 2.91. The van der Waals surface area contributed by atoms with Crippen LogP contribution in [0.5, 0.6) is 0 Å². The number of rotatable bonds is 5. The third kappa shape index (κ3) is 8.49. The smallest absolute Gasteiger partial charge is 0.254 e. The largest absolute Gasteiger partial charge is 0.379 e. The van der Waals surface area contributed by atoms with Crippen LogP contribution >= 0.6 is 48.0 Å². The molecule has 2 fully saturated rings. The molecule has 1 unspecified atom stereocenters. The van der Waals surface area contributed by atoms with Gasteiger partial charge in [-0.15, -0.1) is 24.8 Å². The topological polar surface area (TPSA) is 36.0 Å². The summed E-state index contributed by atoms with van der Waals surface area (Å²) in [5, 5.41) is 3.36. The predicted molar refractivity (Wildman–Crippen MR) is 165 cm³/mol. The maximum atomic E-state index is 13.6. The van der Waals surface area contributed by atoms with Crippen LogP contribution < -0.4 is 0 Å². The molecule has 39 heavy (non-hydrogen) atoms. The van der Waals surface area contributed by atoms with Crippen LogP contribution in [0.1, 0.15) is 15.9 Å². The number of fused-ring (bicyclic) bond motifs is 1. The normalized spacial score (nSPS) is 18.0. The Balaban J connectivity index is 0.00000210. The van der Waals surface area contributed by atoms with Crippen molar-refractivity contribution < 1.29 is 9.53 Å². The minimum Gasteiger partial charge on any atom is -0.379 e. The van der Waals surface area contributed by atoms with Gasteiger partial charge in [0, 0.05) is 54.4 Å². The van der Waals surface area contributed by atoms with Crippen LogP contribution in [0.4, 0.5) is 0 Å². The van der Waals surface area contributed by atoms with E-state index in [1.807, 2.05) is 4.90 Å². The third-order valence-electron chi connectivity index (χ3n) is 7.06. The van der Waals surface area contributed by atoms with Crippen LogP contribution in [0.2, 0.25) is 10.0 Å².